The molecule has 2 aromatic rings. The molecule has 2 rings (SSSR count). The molecule has 6 nitrogen and oxygen atoms in total. The fourth-order valence-corrected chi connectivity index (χ4v) is 1.27. The van der Waals surface area contributed by atoms with Gasteiger partial charge in [-0.1, -0.05) is 0 Å². The highest BCUT2D eigenvalue weighted by Crippen LogP contribution is 2.09. The van der Waals surface area contributed by atoms with Gasteiger partial charge >= 0.3 is 0 Å². The Kier molecular flexibility index (Phi) is 3.27. The summed E-state index contributed by atoms with van der Waals surface area (Å²) in [6, 6.07) is 6.76. The molecule has 0 fully saturated rings. The molecule has 1 aromatic carbocycles. The molecule has 17 heavy (non-hydrogen) atoms. The highest BCUT2D eigenvalue weighted by atomic mass is 16.1. The smallest absolute Gasteiger partial charge is 0.256 e. The zero-order valence-corrected chi connectivity index (χ0v) is 8.92. The van der Waals surface area contributed by atoms with Crippen LogP contribution in [0.1, 0.15) is 10.4 Å². The number of nitrogens with zero attached hydrogens (tertiary/aromatic N) is 2. The van der Waals surface area contributed by atoms with Gasteiger partial charge in [-0.3, -0.25) is 15.6 Å². The van der Waals surface area contributed by atoms with E-state index in [9.17, 15) is 4.79 Å². The molecule has 0 aliphatic carbocycles. The van der Waals surface area contributed by atoms with E-state index in [0.717, 1.165) is 5.69 Å². The Balaban J connectivity index is 2.09. The van der Waals surface area contributed by atoms with Crippen LogP contribution < -0.4 is 16.6 Å². The maximum Gasteiger partial charge on any atom is 0.256 e. The van der Waals surface area contributed by atoms with Crippen LogP contribution in [-0.2, 0) is 0 Å². The van der Waals surface area contributed by atoms with Gasteiger partial charge in [0.2, 0.25) is 0 Å². The highest BCUT2D eigenvalue weighted by molar-refractivity contribution is 6.03. The molecule has 6 heteroatoms. The van der Waals surface area contributed by atoms with Crippen molar-refractivity contribution in [3.05, 3.63) is 48.4 Å². The maximum atomic E-state index is 11.8. The number of aromatic nitrogens is 2. The number of rotatable bonds is 3. The number of hydrogen-bond acceptors (Lipinski definition) is 5. The van der Waals surface area contributed by atoms with Gasteiger partial charge in [0.05, 0.1) is 6.20 Å². The van der Waals surface area contributed by atoms with E-state index in [1.165, 1.54) is 18.6 Å². The number of carbonyl (C=O) groups excluding carboxylic acids is 1. The van der Waals surface area contributed by atoms with Gasteiger partial charge in [-0.15, -0.1) is 0 Å². The monoisotopic (exact) mass is 229 g/mol. The first-order valence-electron chi connectivity index (χ1n) is 4.93. The normalized spacial score (nSPS) is 9.71. The molecule has 0 spiro atoms. The molecule has 0 atom stereocenters. The standard InChI is InChI=1S/C11H11N5O/c12-16-9-3-1-8(2-4-9)11(17)15-10-7-13-5-6-14-10/h1-7,16H,12H2,(H,14,15,17). The van der Waals surface area contributed by atoms with Crippen molar-refractivity contribution in [1.29, 1.82) is 0 Å². The number of amides is 1. The zero-order valence-electron chi connectivity index (χ0n) is 8.92. The van der Waals surface area contributed by atoms with E-state index in [4.69, 9.17) is 5.84 Å². The molecule has 0 saturated carbocycles. The van der Waals surface area contributed by atoms with Gasteiger partial charge in [0, 0.05) is 23.6 Å². The Hall–Kier alpha value is -2.47. The summed E-state index contributed by atoms with van der Waals surface area (Å²) in [6.45, 7) is 0. The van der Waals surface area contributed by atoms with Crippen molar-refractivity contribution in [2.45, 2.75) is 0 Å². The van der Waals surface area contributed by atoms with E-state index >= 15 is 0 Å². The SMILES string of the molecule is NNc1ccc(C(=O)Nc2cnccn2)cc1. The number of hydrazine groups is 1. The summed E-state index contributed by atoms with van der Waals surface area (Å²) < 4.78 is 0. The molecule has 1 amide bonds. The number of benzene rings is 1. The van der Waals surface area contributed by atoms with E-state index in [0.29, 0.717) is 11.4 Å². The second kappa shape index (κ2) is 5.04. The molecule has 86 valence electrons. The molecule has 4 N–H and O–H groups in total. The van der Waals surface area contributed by atoms with E-state index in [2.05, 4.69) is 20.7 Å². The molecule has 0 radical (unpaired) electrons. The van der Waals surface area contributed by atoms with Crippen LogP contribution in [0.3, 0.4) is 0 Å². The lowest BCUT2D eigenvalue weighted by molar-refractivity contribution is 0.102. The van der Waals surface area contributed by atoms with Gasteiger partial charge < -0.3 is 10.7 Å². The van der Waals surface area contributed by atoms with E-state index < -0.39 is 0 Å². The molecule has 0 saturated heterocycles. The second-order valence-corrected chi connectivity index (χ2v) is 3.27. The van der Waals surface area contributed by atoms with Crippen molar-refractivity contribution < 1.29 is 4.79 Å². The van der Waals surface area contributed by atoms with Crippen molar-refractivity contribution in [2.75, 3.05) is 10.7 Å². The Morgan fingerprint density at radius 3 is 2.53 bits per heavy atom. The fraction of sp³-hybridized carbons (Fsp3) is 0. The van der Waals surface area contributed by atoms with Crippen LogP contribution in [0.25, 0.3) is 0 Å². The van der Waals surface area contributed by atoms with Crippen LogP contribution in [0.4, 0.5) is 11.5 Å². The molecular weight excluding hydrogens is 218 g/mol. The van der Waals surface area contributed by atoms with E-state index in [1.54, 1.807) is 24.3 Å². The Morgan fingerprint density at radius 1 is 1.18 bits per heavy atom. The van der Waals surface area contributed by atoms with Gasteiger partial charge in [0.15, 0.2) is 5.82 Å². The summed E-state index contributed by atoms with van der Waals surface area (Å²) >= 11 is 0. The number of carbonyl (C=O) groups is 1. The number of anilines is 2. The van der Waals surface area contributed by atoms with E-state index in [1.807, 2.05) is 0 Å². The summed E-state index contributed by atoms with van der Waals surface area (Å²) in [5.41, 5.74) is 3.75. The van der Waals surface area contributed by atoms with Gasteiger partial charge in [-0.2, -0.15) is 0 Å². The quantitative estimate of drug-likeness (QED) is 0.539. The predicted molar refractivity (Wildman–Crippen MR) is 64.2 cm³/mol. The minimum atomic E-state index is -0.242. The van der Waals surface area contributed by atoms with Crippen LogP contribution in [0, 0.1) is 0 Å². The average molecular weight is 229 g/mol. The third kappa shape index (κ3) is 2.76. The Morgan fingerprint density at radius 2 is 1.94 bits per heavy atom. The minimum absolute atomic E-state index is 0.242. The molecule has 0 unspecified atom stereocenters. The van der Waals surface area contributed by atoms with Gasteiger partial charge in [-0.25, -0.2) is 4.98 Å². The summed E-state index contributed by atoms with van der Waals surface area (Å²) in [5.74, 6) is 5.40. The van der Waals surface area contributed by atoms with Crippen molar-refractivity contribution in [3.63, 3.8) is 0 Å². The summed E-state index contributed by atoms with van der Waals surface area (Å²) in [6.07, 6.45) is 4.53. The Bertz CT molecular complexity index is 497. The number of nitrogens with one attached hydrogen (secondary N) is 2. The lowest BCUT2D eigenvalue weighted by atomic mass is 10.2. The van der Waals surface area contributed by atoms with Crippen LogP contribution in [0.15, 0.2) is 42.9 Å². The zero-order chi connectivity index (χ0) is 12.1. The first-order valence-corrected chi connectivity index (χ1v) is 4.93. The first-order chi connectivity index (χ1) is 8.29. The topological polar surface area (TPSA) is 92.9 Å². The largest absolute Gasteiger partial charge is 0.324 e. The third-order valence-electron chi connectivity index (χ3n) is 2.12. The van der Waals surface area contributed by atoms with Crippen molar-refractivity contribution in [1.82, 2.24) is 9.97 Å². The average Bonchev–Trinajstić information content (AvgIpc) is 2.40. The Labute approximate surface area is 97.9 Å². The summed E-state index contributed by atoms with van der Waals surface area (Å²) in [7, 11) is 0. The van der Waals surface area contributed by atoms with E-state index in [-0.39, 0.29) is 5.91 Å². The van der Waals surface area contributed by atoms with Gasteiger partial charge in [-0.05, 0) is 24.3 Å². The molecular formula is C11H11N5O. The van der Waals surface area contributed by atoms with Crippen LogP contribution in [-0.4, -0.2) is 15.9 Å². The maximum absolute atomic E-state index is 11.8. The summed E-state index contributed by atoms with van der Waals surface area (Å²) in [5, 5.41) is 2.63. The summed E-state index contributed by atoms with van der Waals surface area (Å²) in [4.78, 5) is 19.6. The lowest BCUT2D eigenvalue weighted by Crippen LogP contribution is -2.13. The van der Waals surface area contributed by atoms with Gasteiger partial charge in [0.1, 0.15) is 0 Å². The van der Waals surface area contributed by atoms with Crippen LogP contribution in [0.2, 0.25) is 0 Å². The molecule has 0 aliphatic heterocycles. The lowest BCUT2D eigenvalue weighted by Gasteiger charge is -2.04. The predicted octanol–water partition coefficient (Wildman–Crippen LogP) is 1.01. The first kappa shape index (κ1) is 11.0. The molecule has 0 aliphatic rings. The fourth-order valence-electron chi connectivity index (χ4n) is 1.27. The highest BCUT2D eigenvalue weighted by Gasteiger charge is 2.06. The molecule has 0 bridgehead atoms. The number of nitrogen functional groups attached to an aromatic ring is 1. The van der Waals surface area contributed by atoms with Crippen molar-refractivity contribution in [2.24, 2.45) is 5.84 Å². The number of nitrogens with two attached hydrogens (primary N) is 1. The molecule has 1 heterocycles. The number of hydrogen-bond donors (Lipinski definition) is 3. The minimum Gasteiger partial charge on any atom is -0.324 e. The van der Waals surface area contributed by atoms with Crippen molar-refractivity contribution in [3.8, 4) is 0 Å². The van der Waals surface area contributed by atoms with Crippen LogP contribution >= 0.6 is 0 Å². The molecule has 1 aromatic heterocycles. The van der Waals surface area contributed by atoms with Crippen LogP contribution in [0.5, 0.6) is 0 Å². The van der Waals surface area contributed by atoms with Crippen molar-refractivity contribution >= 4 is 17.4 Å². The van der Waals surface area contributed by atoms with Gasteiger partial charge in [0.25, 0.3) is 5.91 Å². The second-order valence-electron chi connectivity index (χ2n) is 3.27. The third-order valence-corrected chi connectivity index (χ3v) is 2.12.